The fraction of sp³-hybridized carbons (Fsp3) is 0.500. The molecule has 2 amide bonds. The fourth-order valence-corrected chi connectivity index (χ4v) is 2.41. The Kier molecular flexibility index (Phi) is 4.96. The van der Waals surface area contributed by atoms with Gasteiger partial charge in [0.15, 0.2) is 6.10 Å². The van der Waals surface area contributed by atoms with Crippen LogP contribution in [0.25, 0.3) is 0 Å². The number of ether oxygens (including phenoxy) is 1. The molecule has 114 valence electrons. The van der Waals surface area contributed by atoms with Crippen LogP contribution in [0.2, 0.25) is 0 Å². The monoisotopic (exact) mass is 290 g/mol. The first-order chi connectivity index (χ1) is 10.0. The Morgan fingerprint density at radius 1 is 1.43 bits per heavy atom. The van der Waals surface area contributed by atoms with E-state index in [1.165, 1.54) is 0 Å². The van der Waals surface area contributed by atoms with Crippen LogP contribution >= 0.6 is 0 Å². The van der Waals surface area contributed by atoms with Crippen molar-refractivity contribution in [2.45, 2.75) is 38.5 Å². The molecule has 1 aromatic carbocycles. The van der Waals surface area contributed by atoms with Crippen molar-refractivity contribution >= 4 is 11.8 Å². The molecule has 0 aromatic heterocycles. The fourth-order valence-electron chi connectivity index (χ4n) is 2.41. The number of likely N-dealkylation sites (N-methyl/N-ethyl adjacent to an activating group) is 1. The Morgan fingerprint density at radius 2 is 2.10 bits per heavy atom. The van der Waals surface area contributed by atoms with E-state index in [-0.39, 0.29) is 24.5 Å². The molecule has 21 heavy (non-hydrogen) atoms. The third-order valence-electron chi connectivity index (χ3n) is 3.88. The van der Waals surface area contributed by atoms with Gasteiger partial charge in [0.2, 0.25) is 5.91 Å². The van der Waals surface area contributed by atoms with Crippen LogP contribution in [-0.2, 0) is 14.3 Å². The van der Waals surface area contributed by atoms with E-state index in [1.54, 1.807) is 11.9 Å². The Bertz CT molecular complexity index is 504. The van der Waals surface area contributed by atoms with E-state index in [2.05, 4.69) is 5.32 Å². The standard InChI is InChI=1S/C16H22N2O3/c1-4-11(2)17-16(20)15-14(12-8-6-5-7-9-12)18(3)13(19)10-21-15/h5-9,11,14-15H,4,10H2,1-3H3,(H,17,20)/t11-,14-,15-/m0/s1. The lowest BCUT2D eigenvalue weighted by Gasteiger charge is -2.38. The maximum absolute atomic E-state index is 12.4. The van der Waals surface area contributed by atoms with Crippen molar-refractivity contribution in [3.05, 3.63) is 35.9 Å². The topological polar surface area (TPSA) is 58.6 Å². The summed E-state index contributed by atoms with van der Waals surface area (Å²) in [6, 6.07) is 9.21. The second kappa shape index (κ2) is 6.72. The lowest BCUT2D eigenvalue weighted by atomic mass is 9.97. The van der Waals surface area contributed by atoms with Gasteiger partial charge in [-0.25, -0.2) is 0 Å². The number of nitrogens with zero attached hydrogens (tertiary/aromatic N) is 1. The largest absolute Gasteiger partial charge is 0.356 e. The first-order valence-electron chi connectivity index (χ1n) is 7.27. The van der Waals surface area contributed by atoms with E-state index < -0.39 is 12.1 Å². The molecule has 1 saturated heterocycles. The highest BCUT2D eigenvalue weighted by atomic mass is 16.5. The summed E-state index contributed by atoms with van der Waals surface area (Å²) in [5.41, 5.74) is 0.900. The van der Waals surface area contributed by atoms with E-state index in [0.29, 0.717) is 0 Å². The molecule has 0 radical (unpaired) electrons. The number of hydrogen-bond acceptors (Lipinski definition) is 3. The first kappa shape index (κ1) is 15.5. The lowest BCUT2D eigenvalue weighted by molar-refractivity contribution is -0.162. The zero-order chi connectivity index (χ0) is 15.4. The Labute approximate surface area is 125 Å². The predicted molar refractivity (Wildman–Crippen MR) is 79.6 cm³/mol. The van der Waals surface area contributed by atoms with Crippen LogP contribution in [0.3, 0.4) is 0 Å². The van der Waals surface area contributed by atoms with E-state index in [4.69, 9.17) is 4.74 Å². The molecule has 1 N–H and O–H groups in total. The maximum Gasteiger partial charge on any atom is 0.251 e. The van der Waals surface area contributed by atoms with Crippen LogP contribution in [0.15, 0.2) is 30.3 Å². The number of amides is 2. The molecule has 0 unspecified atom stereocenters. The van der Waals surface area contributed by atoms with Gasteiger partial charge < -0.3 is 15.0 Å². The molecule has 0 saturated carbocycles. The molecule has 0 bridgehead atoms. The van der Waals surface area contributed by atoms with Crippen molar-refractivity contribution in [2.24, 2.45) is 0 Å². The van der Waals surface area contributed by atoms with Crippen molar-refractivity contribution in [2.75, 3.05) is 13.7 Å². The maximum atomic E-state index is 12.4. The van der Waals surface area contributed by atoms with Gasteiger partial charge in [-0.05, 0) is 18.9 Å². The van der Waals surface area contributed by atoms with E-state index in [9.17, 15) is 9.59 Å². The van der Waals surface area contributed by atoms with Gasteiger partial charge in [0, 0.05) is 13.1 Å². The Morgan fingerprint density at radius 3 is 2.71 bits per heavy atom. The van der Waals surface area contributed by atoms with Crippen LogP contribution in [0, 0.1) is 0 Å². The molecular weight excluding hydrogens is 268 g/mol. The summed E-state index contributed by atoms with van der Waals surface area (Å²) >= 11 is 0. The summed E-state index contributed by atoms with van der Waals surface area (Å²) < 4.78 is 5.53. The summed E-state index contributed by atoms with van der Waals surface area (Å²) in [5, 5.41) is 2.93. The van der Waals surface area contributed by atoms with Crippen LogP contribution in [0.5, 0.6) is 0 Å². The van der Waals surface area contributed by atoms with Crippen molar-refractivity contribution in [3.63, 3.8) is 0 Å². The number of carbonyl (C=O) groups excluding carboxylic acids is 2. The van der Waals surface area contributed by atoms with Crippen molar-refractivity contribution in [1.82, 2.24) is 10.2 Å². The molecule has 1 aromatic rings. The van der Waals surface area contributed by atoms with E-state index >= 15 is 0 Å². The van der Waals surface area contributed by atoms with Gasteiger partial charge in [0.1, 0.15) is 6.61 Å². The number of hydrogen-bond donors (Lipinski definition) is 1. The predicted octanol–water partition coefficient (Wildman–Crippen LogP) is 1.50. The number of nitrogens with one attached hydrogen (secondary N) is 1. The minimum atomic E-state index is -0.677. The van der Waals surface area contributed by atoms with Gasteiger partial charge >= 0.3 is 0 Å². The van der Waals surface area contributed by atoms with Crippen LogP contribution < -0.4 is 5.32 Å². The van der Waals surface area contributed by atoms with E-state index in [0.717, 1.165) is 12.0 Å². The molecule has 1 aliphatic heterocycles. The third-order valence-corrected chi connectivity index (χ3v) is 3.88. The highest BCUT2D eigenvalue weighted by Gasteiger charge is 2.40. The SMILES string of the molecule is CC[C@H](C)NC(=O)[C@H]1OCC(=O)N(C)[C@H]1c1ccccc1. The van der Waals surface area contributed by atoms with Crippen LogP contribution in [0.4, 0.5) is 0 Å². The second-order valence-electron chi connectivity index (χ2n) is 5.41. The second-order valence-corrected chi connectivity index (χ2v) is 5.41. The molecule has 5 heteroatoms. The minimum Gasteiger partial charge on any atom is -0.356 e. The summed E-state index contributed by atoms with van der Waals surface area (Å²) in [7, 11) is 1.71. The highest BCUT2D eigenvalue weighted by Crippen LogP contribution is 2.29. The number of benzene rings is 1. The quantitative estimate of drug-likeness (QED) is 0.914. The molecular formula is C16H22N2O3. The van der Waals surface area contributed by atoms with Gasteiger partial charge in [-0.15, -0.1) is 0 Å². The van der Waals surface area contributed by atoms with Crippen LogP contribution in [-0.4, -0.2) is 42.5 Å². The van der Waals surface area contributed by atoms with Gasteiger partial charge in [0.25, 0.3) is 5.91 Å². The third kappa shape index (κ3) is 3.42. The lowest BCUT2D eigenvalue weighted by Crippen LogP contribution is -2.54. The van der Waals surface area contributed by atoms with Crippen molar-refractivity contribution in [1.29, 1.82) is 0 Å². The smallest absolute Gasteiger partial charge is 0.251 e. The number of rotatable bonds is 4. The molecule has 1 aliphatic rings. The molecule has 1 fully saturated rings. The molecule has 1 heterocycles. The molecule has 5 nitrogen and oxygen atoms in total. The van der Waals surface area contributed by atoms with Crippen molar-refractivity contribution in [3.8, 4) is 0 Å². The number of morpholine rings is 1. The average molecular weight is 290 g/mol. The van der Waals surface area contributed by atoms with Gasteiger partial charge in [-0.1, -0.05) is 37.3 Å². The average Bonchev–Trinajstić information content (AvgIpc) is 2.50. The number of carbonyl (C=O) groups is 2. The molecule has 2 rings (SSSR count). The summed E-state index contributed by atoms with van der Waals surface area (Å²) in [4.78, 5) is 25.9. The van der Waals surface area contributed by atoms with Gasteiger partial charge in [-0.2, -0.15) is 0 Å². The zero-order valence-corrected chi connectivity index (χ0v) is 12.7. The normalized spacial score (nSPS) is 23.8. The van der Waals surface area contributed by atoms with Gasteiger partial charge in [-0.3, -0.25) is 9.59 Å². The Hall–Kier alpha value is -1.88. The molecule has 3 atom stereocenters. The van der Waals surface area contributed by atoms with Gasteiger partial charge in [0.05, 0.1) is 6.04 Å². The highest BCUT2D eigenvalue weighted by molar-refractivity contribution is 5.86. The Balaban J connectivity index is 2.25. The summed E-state index contributed by atoms with van der Waals surface area (Å²) in [5.74, 6) is -0.283. The zero-order valence-electron chi connectivity index (χ0n) is 12.7. The van der Waals surface area contributed by atoms with E-state index in [1.807, 2.05) is 44.2 Å². The summed E-state index contributed by atoms with van der Waals surface area (Å²) in [6.45, 7) is 3.91. The summed E-state index contributed by atoms with van der Waals surface area (Å²) in [6.07, 6.45) is 0.174. The van der Waals surface area contributed by atoms with Crippen molar-refractivity contribution < 1.29 is 14.3 Å². The molecule has 0 spiro atoms. The molecule has 0 aliphatic carbocycles. The first-order valence-corrected chi connectivity index (χ1v) is 7.27. The minimum absolute atomic E-state index is 0.0571. The van der Waals surface area contributed by atoms with Crippen LogP contribution in [0.1, 0.15) is 31.9 Å².